The van der Waals surface area contributed by atoms with Crippen molar-refractivity contribution in [2.45, 2.75) is 19.5 Å². The van der Waals surface area contributed by atoms with Crippen LogP contribution in [0.15, 0.2) is 51.9 Å². The zero-order chi connectivity index (χ0) is 11.4. The zero-order valence-corrected chi connectivity index (χ0v) is 16.9. The summed E-state index contributed by atoms with van der Waals surface area (Å²) in [5.41, 5.74) is 1.33. The van der Waals surface area contributed by atoms with Crippen LogP contribution in [-0.2, 0) is 20.9 Å². The summed E-state index contributed by atoms with van der Waals surface area (Å²) >= 11 is -1.69. The fourth-order valence-electron chi connectivity index (χ4n) is 1.92. The minimum absolute atomic E-state index is 0. The molecule has 1 nitrogen and oxygen atoms in total. The minimum atomic E-state index is -1.69. The van der Waals surface area contributed by atoms with Crippen molar-refractivity contribution in [2.24, 2.45) is 0 Å². The maximum Gasteiger partial charge on any atom is -1.00 e. The normalized spacial score (nSPS) is 12.5. The summed E-state index contributed by atoms with van der Waals surface area (Å²) in [5, 5.41) is 0. The van der Waals surface area contributed by atoms with Crippen LogP contribution < -0.4 is 28.1 Å². The smallest absolute Gasteiger partial charge is 1.00 e. The SMILES string of the molecule is C[SiH](C)[Hf+2]([NH]c1ccccc1)[C]1=CC=CC1.[Cl-].[Cl-]. The summed E-state index contributed by atoms with van der Waals surface area (Å²) in [6, 6.07) is 10.7. The number of allylic oxidation sites excluding steroid dienone is 4. The van der Waals surface area contributed by atoms with Crippen LogP contribution in [0.2, 0.25) is 13.1 Å². The number of rotatable bonds is 4. The standard InChI is InChI=1S/C6H6N.C5H5.C2H7Si.2ClH.Hf/c7-6-4-2-1-3-5-6;1-2-4-5-3-1;1-3-2;;;/h1-5,7H;1-3H,4H2;3H,1-2H3;2*1H;/q-1;;;;;+3/p-2. The molecule has 97 valence electrons. The van der Waals surface area contributed by atoms with Crippen molar-refractivity contribution in [3.63, 3.8) is 0 Å². The van der Waals surface area contributed by atoms with E-state index in [2.05, 4.69) is 65.0 Å². The molecule has 1 aromatic rings. The van der Waals surface area contributed by atoms with Gasteiger partial charge in [-0.15, -0.1) is 0 Å². The molecule has 0 radical (unpaired) electrons. The number of para-hydroxylation sites is 1. The van der Waals surface area contributed by atoms with E-state index in [9.17, 15) is 0 Å². The van der Waals surface area contributed by atoms with Gasteiger partial charge in [0.25, 0.3) is 0 Å². The summed E-state index contributed by atoms with van der Waals surface area (Å²) in [6.45, 7) is 4.99. The zero-order valence-electron chi connectivity index (χ0n) is 10.7. The second-order valence-corrected chi connectivity index (χ2v) is 30.0. The third kappa shape index (κ3) is 5.04. The van der Waals surface area contributed by atoms with Gasteiger partial charge in [-0.1, -0.05) is 0 Å². The average Bonchev–Trinajstić information content (AvgIpc) is 2.80. The number of benzene rings is 1. The number of anilines is 1. The van der Waals surface area contributed by atoms with Gasteiger partial charge in [-0.3, -0.25) is 0 Å². The summed E-state index contributed by atoms with van der Waals surface area (Å²) in [5.74, 6) is -0.515. The van der Waals surface area contributed by atoms with Crippen LogP contribution >= 0.6 is 0 Å². The molecule has 1 N–H and O–H groups in total. The second-order valence-electron chi connectivity index (χ2n) is 4.38. The van der Waals surface area contributed by atoms with E-state index in [1.165, 1.54) is 12.1 Å². The largest absolute Gasteiger partial charge is 1.00 e. The van der Waals surface area contributed by atoms with E-state index in [1.54, 1.807) is 3.33 Å². The van der Waals surface area contributed by atoms with Crippen molar-refractivity contribution in [3.05, 3.63) is 51.9 Å². The van der Waals surface area contributed by atoms with Gasteiger partial charge < -0.3 is 24.8 Å². The number of hydrogen-bond acceptors (Lipinski definition) is 1. The first-order chi connectivity index (χ1) is 7.77. The molecular weight excluding hydrogens is 448 g/mol. The Morgan fingerprint density at radius 2 is 1.78 bits per heavy atom. The van der Waals surface area contributed by atoms with Crippen LogP contribution in [0.4, 0.5) is 5.69 Å². The first kappa shape index (κ1) is 18.2. The predicted molar refractivity (Wildman–Crippen MR) is 70.8 cm³/mol. The van der Waals surface area contributed by atoms with Gasteiger partial charge in [-0.2, -0.15) is 0 Å². The molecule has 0 aromatic heterocycles. The van der Waals surface area contributed by atoms with Crippen LogP contribution in [-0.4, -0.2) is 5.98 Å². The Hall–Kier alpha value is 0.167. The molecule has 0 amide bonds. The van der Waals surface area contributed by atoms with Gasteiger partial charge >= 0.3 is 107 Å². The van der Waals surface area contributed by atoms with E-state index in [0.717, 1.165) is 0 Å². The summed E-state index contributed by atoms with van der Waals surface area (Å²) in [6.07, 6.45) is 8.10. The van der Waals surface area contributed by atoms with Crippen LogP contribution in [0.25, 0.3) is 0 Å². The third-order valence-electron chi connectivity index (χ3n) is 2.75. The number of halogens is 2. The average molecular weight is 466 g/mol. The maximum atomic E-state index is 3.89. The molecule has 0 unspecified atom stereocenters. The van der Waals surface area contributed by atoms with Crippen molar-refractivity contribution < 1.29 is 45.7 Å². The van der Waals surface area contributed by atoms with Gasteiger partial charge in [0.2, 0.25) is 0 Å². The topological polar surface area (TPSA) is 12.0 Å². The Morgan fingerprint density at radius 3 is 2.28 bits per heavy atom. The number of hydrogen-bond donors (Lipinski definition) is 1. The van der Waals surface area contributed by atoms with Gasteiger partial charge in [0, 0.05) is 0 Å². The first-order valence-electron chi connectivity index (χ1n) is 5.82. The quantitative estimate of drug-likeness (QED) is 0.484. The second kappa shape index (κ2) is 9.13. The summed E-state index contributed by atoms with van der Waals surface area (Å²) in [7, 11) is 0. The van der Waals surface area contributed by atoms with Crippen LogP contribution in [0.3, 0.4) is 0 Å². The fraction of sp³-hybridized carbons (Fsp3) is 0.231. The third-order valence-corrected chi connectivity index (χ3v) is 26.4. The molecule has 0 spiro atoms. The van der Waals surface area contributed by atoms with Gasteiger partial charge in [0.05, 0.1) is 0 Å². The predicted octanol–water partition coefficient (Wildman–Crippen LogP) is -2.53. The van der Waals surface area contributed by atoms with Crippen molar-refractivity contribution >= 4 is 11.7 Å². The molecule has 18 heavy (non-hydrogen) atoms. The molecule has 1 aromatic carbocycles. The van der Waals surface area contributed by atoms with Gasteiger partial charge in [0.1, 0.15) is 0 Å². The molecule has 0 atom stereocenters. The molecule has 1 aliphatic rings. The van der Waals surface area contributed by atoms with E-state index in [-0.39, 0.29) is 24.8 Å². The fourth-order valence-corrected chi connectivity index (χ4v) is 21.7. The van der Waals surface area contributed by atoms with Gasteiger partial charge in [0.15, 0.2) is 0 Å². The van der Waals surface area contributed by atoms with Crippen molar-refractivity contribution in [1.82, 2.24) is 0 Å². The molecular formula is C13H18Cl2HfNSi. The van der Waals surface area contributed by atoms with Crippen LogP contribution in [0, 0.1) is 0 Å². The van der Waals surface area contributed by atoms with Crippen molar-refractivity contribution in [2.75, 3.05) is 3.30 Å². The van der Waals surface area contributed by atoms with E-state index in [4.69, 9.17) is 0 Å². The van der Waals surface area contributed by atoms with E-state index in [1.807, 2.05) is 0 Å². The minimum Gasteiger partial charge on any atom is -1.00 e. The Labute approximate surface area is 131 Å². The van der Waals surface area contributed by atoms with E-state index >= 15 is 0 Å². The molecule has 0 saturated heterocycles. The van der Waals surface area contributed by atoms with Crippen molar-refractivity contribution in [3.8, 4) is 0 Å². The van der Waals surface area contributed by atoms with Crippen LogP contribution in [0.1, 0.15) is 6.42 Å². The summed E-state index contributed by atoms with van der Waals surface area (Å²) < 4.78 is 5.65. The molecule has 0 saturated carbocycles. The first-order valence-corrected chi connectivity index (χ1v) is 18.5. The Balaban J connectivity index is 0.00000144. The molecule has 0 heterocycles. The monoisotopic (exact) mass is 466 g/mol. The molecule has 1 aliphatic carbocycles. The van der Waals surface area contributed by atoms with E-state index < -0.39 is 26.9 Å². The Bertz CT molecular complexity index is 407. The molecule has 2 rings (SSSR count). The van der Waals surface area contributed by atoms with Gasteiger partial charge in [-0.05, 0) is 0 Å². The summed E-state index contributed by atoms with van der Waals surface area (Å²) in [4.78, 5) is 0. The van der Waals surface area contributed by atoms with E-state index in [0.29, 0.717) is 0 Å². The molecule has 0 aliphatic heterocycles. The molecule has 0 fully saturated rings. The Kier molecular flexibility index (Phi) is 9.22. The van der Waals surface area contributed by atoms with Crippen molar-refractivity contribution in [1.29, 1.82) is 0 Å². The van der Waals surface area contributed by atoms with Crippen LogP contribution in [0.5, 0.6) is 0 Å². The number of nitrogens with one attached hydrogen (secondary N) is 1. The maximum absolute atomic E-state index is 3.89. The Morgan fingerprint density at radius 1 is 1.11 bits per heavy atom. The molecule has 0 bridgehead atoms. The molecule has 5 heteroatoms. The van der Waals surface area contributed by atoms with Gasteiger partial charge in [-0.25, -0.2) is 0 Å².